The van der Waals surface area contributed by atoms with Crippen LogP contribution in [0.2, 0.25) is 0 Å². The van der Waals surface area contributed by atoms with E-state index in [1.807, 2.05) is 37.3 Å². The van der Waals surface area contributed by atoms with Gasteiger partial charge in [0.25, 0.3) is 0 Å². The van der Waals surface area contributed by atoms with Gasteiger partial charge in [-0.15, -0.1) is 0 Å². The lowest BCUT2D eigenvalue weighted by atomic mass is 9.79. The summed E-state index contributed by atoms with van der Waals surface area (Å²) in [4.78, 5) is 29.0. The first-order valence-corrected chi connectivity index (χ1v) is 11.3. The molecule has 34 heavy (non-hydrogen) atoms. The van der Waals surface area contributed by atoms with Crippen molar-refractivity contribution in [3.8, 4) is 11.1 Å². The van der Waals surface area contributed by atoms with Gasteiger partial charge in [0.1, 0.15) is 11.4 Å². The van der Waals surface area contributed by atoms with Gasteiger partial charge in [0, 0.05) is 37.2 Å². The number of aromatic nitrogens is 1. The van der Waals surface area contributed by atoms with E-state index < -0.39 is 23.1 Å². The summed E-state index contributed by atoms with van der Waals surface area (Å²) in [5.74, 6) is -0.462. The normalized spacial score (nSPS) is 19.6. The standard InChI is InChI=1S/C27H29FN2O4/c1-18(19-8-10-20(11-9-19)21-12-14-29-24(31)16-21)30-15-13-27(34-25(30)32,17-26(2,3)33)22-6-4-5-7-23(22)28/h4-12,14,16,18,33H,13,15,17H2,1-3H3,(H,29,31). The Hall–Kier alpha value is -3.45. The molecular formula is C27H29FN2O4. The number of rotatable bonds is 6. The fourth-order valence-corrected chi connectivity index (χ4v) is 4.72. The maximum Gasteiger partial charge on any atom is 0.411 e. The Balaban J connectivity index is 1.56. The van der Waals surface area contributed by atoms with Gasteiger partial charge in [0.15, 0.2) is 0 Å². The number of ether oxygens (including phenoxy) is 1. The molecule has 2 aromatic carbocycles. The second-order valence-electron chi connectivity index (χ2n) is 9.51. The molecule has 4 rings (SSSR count). The summed E-state index contributed by atoms with van der Waals surface area (Å²) in [6, 6.07) is 17.0. The molecule has 0 bridgehead atoms. The van der Waals surface area contributed by atoms with Crippen molar-refractivity contribution in [2.24, 2.45) is 0 Å². The van der Waals surface area contributed by atoms with Crippen LogP contribution in [0.4, 0.5) is 9.18 Å². The van der Waals surface area contributed by atoms with Crippen molar-refractivity contribution in [2.75, 3.05) is 6.54 Å². The fourth-order valence-electron chi connectivity index (χ4n) is 4.72. The third kappa shape index (κ3) is 4.89. The number of hydrogen-bond donors (Lipinski definition) is 2. The molecule has 2 unspecified atom stereocenters. The minimum atomic E-state index is -1.25. The van der Waals surface area contributed by atoms with Gasteiger partial charge >= 0.3 is 6.09 Å². The second-order valence-corrected chi connectivity index (χ2v) is 9.51. The summed E-state index contributed by atoms with van der Waals surface area (Å²) in [6.45, 7) is 5.51. The average Bonchev–Trinajstić information content (AvgIpc) is 2.78. The van der Waals surface area contributed by atoms with Crippen molar-refractivity contribution >= 4 is 6.09 Å². The number of carbonyl (C=O) groups excluding carboxylic acids is 1. The molecule has 1 amide bonds. The predicted molar refractivity (Wildman–Crippen MR) is 128 cm³/mol. The van der Waals surface area contributed by atoms with Gasteiger partial charge in [-0.3, -0.25) is 4.79 Å². The van der Waals surface area contributed by atoms with Crippen LogP contribution >= 0.6 is 0 Å². The number of nitrogens with one attached hydrogen (secondary N) is 1. The van der Waals surface area contributed by atoms with Crippen LogP contribution in [0.5, 0.6) is 0 Å². The van der Waals surface area contributed by atoms with E-state index in [-0.39, 0.29) is 23.6 Å². The van der Waals surface area contributed by atoms with Crippen molar-refractivity contribution < 1.29 is 19.0 Å². The topological polar surface area (TPSA) is 82.6 Å². The third-order valence-corrected chi connectivity index (χ3v) is 6.33. The van der Waals surface area contributed by atoms with Crippen LogP contribution in [-0.2, 0) is 10.3 Å². The average molecular weight is 465 g/mol. The molecule has 1 fully saturated rings. The highest BCUT2D eigenvalue weighted by molar-refractivity contribution is 5.70. The summed E-state index contributed by atoms with van der Waals surface area (Å²) in [7, 11) is 0. The smallest absolute Gasteiger partial charge is 0.411 e. The summed E-state index contributed by atoms with van der Waals surface area (Å²) in [5.41, 5.74) is 0.308. The molecule has 7 heteroatoms. The highest BCUT2D eigenvalue weighted by atomic mass is 19.1. The summed E-state index contributed by atoms with van der Waals surface area (Å²) < 4.78 is 20.7. The highest BCUT2D eigenvalue weighted by Crippen LogP contribution is 2.43. The highest BCUT2D eigenvalue weighted by Gasteiger charge is 2.47. The third-order valence-electron chi connectivity index (χ3n) is 6.33. The Morgan fingerprint density at radius 3 is 2.44 bits per heavy atom. The van der Waals surface area contributed by atoms with Crippen molar-refractivity contribution in [1.82, 2.24) is 9.88 Å². The maximum absolute atomic E-state index is 14.7. The Kier molecular flexibility index (Phi) is 6.32. The summed E-state index contributed by atoms with van der Waals surface area (Å²) in [5, 5.41) is 10.5. The number of hydrogen-bond acceptors (Lipinski definition) is 4. The molecule has 0 aliphatic carbocycles. The van der Waals surface area contributed by atoms with E-state index in [4.69, 9.17) is 4.74 Å². The molecule has 0 spiro atoms. The molecule has 2 heterocycles. The van der Waals surface area contributed by atoms with Crippen LogP contribution in [0.3, 0.4) is 0 Å². The van der Waals surface area contributed by atoms with Crippen molar-refractivity contribution in [1.29, 1.82) is 0 Å². The monoisotopic (exact) mass is 464 g/mol. The van der Waals surface area contributed by atoms with E-state index in [1.165, 1.54) is 12.1 Å². The second kappa shape index (κ2) is 9.06. The lowest BCUT2D eigenvalue weighted by Gasteiger charge is -2.45. The predicted octanol–water partition coefficient (Wildman–Crippen LogP) is 5.14. The van der Waals surface area contributed by atoms with Crippen LogP contribution in [0, 0.1) is 5.82 Å². The maximum atomic E-state index is 14.7. The number of aromatic amines is 1. The number of carbonyl (C=O) groups is 1. The van der Waals surface area contributed by atoms with Crippen LogP contribution in [0.15, 0.2) is 71.7 Å². The zero-order chi connectivity index (χ0) is 24.5. The quantitative estimate of drug-likeness (QED) is 0.529. The zero-order valence-corrected chi connectivity index (χ0v) is 19.5. The van der Waals surface area contributed by atoms with Gasteiger partial charge in [-0.1, -0.05) is 42.5 Å². The molecule has 0 radical (unpaired) electrons. The van der Waals surface area contributed by atoms with E-state index in [9.17, 15) is 19.1 Å². The van der Waals surface area contributed by atoms with Crippen LogP contribution in [-0.4, -0.2) is 33.2 Å². The van der Waals surface area contributed by atoms with Gasteiger partial charge in [0.2, 0.25) is 5.56 Å². The molecule has 3 aromatic rings. The lowest BCUT2D eigenvalue weighted by molar-refractivity contribution is -0.102. The molecule has 0 saturated carbocycles. The Morgan fingerprint density at radius 1 is 1.12 bits per heavy atom. The van der Waals surface area contributed by atoms with E-state index in [0.29, 0.717) is 13.0 Å². The fraction of sp³-hybridized carbons (Fsp3) is 0.333. The van der Waals surface area contributed by atoms with Crippen LogP contribution in [0.25, 0.3) is 11.1 Å². The SMILES string of the molecule is CC(c1ccc(-c2cc[nH]c(=O)c2)cc1)N1CCC(CC(C)(C)O)(c2ccccc2F)OC1=O. The molecule has 1 aliphatic heterocycles. The van der Waals surface area contributed by atoms with Gasteiger partial charge in [-0.05, 0) is 49.6 Å². The largest absolute Gasteiger partial charge is 0.438 e. The van der Waals surface area contributed by atoms with Crippen molar-refractivity contribution in [3.05, 3.63) is 94.2 Å². The Bertz CT molecular complexity index is 1230. The lowest BCUT2D eigenvalue weighted by Crippen LogP contribution is -2.51. The van der Waals surface area contributed by atoms with E-state index in [1.54, 1.807) is 43.1 Å². The summed E-state index contributed by atoms with van der Waals surface area (Å²) in [6.07, 6.45) is 1.48. The molecule has 1 saturated heterocycles. The molecule has 178 valence electrons. The zero-order valence-electron chi connectivity index (χ0n) is 19.5. The first-order chi connectivity index (χ1) is 16.1. The number of nitrogens with zero attached hydrogens (tertiary/aromatic N) is 1. The molecular weight excluding hydrogens is 435 g/mol. The number of pyridine rings is 1. The minimum absolute atomic E-state index is 0.0831. The van der Waals surface area contributed by atoms with Crippen LogP contribution < -0.4 is 5.56 Å². The first-order valence-electron chi connectivity index (χ1n) is 11.3. The van der Waals surface area contributed by atoms with E-state index in [2.05, 4.69) is 4.98 Å². The van der Waals surface area contributed by atoms with Crippen LogP contribution in [0.1, 0.15) is 50.8 Å². The number of cyclic esters (lactones) is 1. The molecule has 6 nitrogen and oxygen atoms in total. The van der Waals surface area contributed by atoms with Gasteiger partial charge in [-0.2, -0.15) is 0 Å². The van der Waals surface area contributed by atoms with E-state index in [0.717, 1.165) is 16.7 Å². The van der Waals surface area contributed by atoms with Crippen molar-refractivity contribution in [3.63, 3.8) is 0 Å². The number of halogens is 1. The van der Waals surface area contributed by atoms with Gasteiger partial charge in [-0.25, -0.2) is 9.18 Å². The number of amides is 1. The minimum Gasteiger partial charge on any atom is -0.438 e. The number of H-pyrrole nitrogens is 1. The molecule has 1 aliphatic rings. The van der Waals surface area contributed by atoms with E-state index >= 15 is 0 Å². The summed E-state index contributed by atoms with van der Waals surface area (Å²) >= 11 is 0. The first kappa shape index (κ1) is 23.7. The van der Waals surface area contributed by atoms with Crippen molar-refractivity contribution in [2.45, 2.75) is 50.9 Å². The molecule has 2 atom stereocenters. The number of benzene rings is 2. The Labute approximate surface area is 198 Å². The van der Waals surface area contributed by atoms with Gasteiger partial charge in [0.05, 0.1) is 11.6 Å². The number of aliphatic hydroxyl groups is 1. The Morgan fingerprint density at radius 2 is 1.82 bits per heavy atom. The molecule has 2 N–H and O–H groups in total. The van der Waals surface area contributed by atoms with Gasteiger partial charge < -0.3 is 19.7 Å². The molecule has 1 aromatic heterocycles.